The number of hydrazone groups is 1. The van der Waals surface area contributed by atoms with E-state index in [-0.39, 0.29) is 51.1 Å². The molecule has 6 N–H and O–H groups in total. The van der Waals surface area contributed by atoms with Crippen LogP contribution in [0.5, 0.6) is 23.0 Å². The predicted octanol–water partition coefficient (Wildman–Crippen LogP) is 3.21. The fraction of sp³-hybridized carbons (Fsp3) is 0.556. The van der Waals surface area contributed by atoms with Gasteiger partial charge in [0.05, 0.1) is 92.8 Å². The van der Waals surface area contributed by atoms with Crippen LogP contribution in [0.3, 0.4) is 0 Å². The second kappa shape index (κ2) is 19.0. The number of hydrogen-bond acceptors (Lipinski definition) is 15. The maximum atomic E-state index is 14.5. The van der Waals surface area contributed by atoms with E-state index in [1.165, 1.54) is 59.4 Å². The Bertz CT molecular complexity index is 2160. The zero-order chi connectivity index (χ0) is 46.0. The number of hydrogen-bond donors (Lipinski definition) is 6. The molecule has 2 aromatic carbocycles. The van der Waals surface area contributed by atoms with Crippen LogP contribution in [-0.4, -0.2) is 143 Å². The first-order valence-corrected chi connectivity index (χ1v) is 20.9. The van der Waals surface area contributed by atoms with Crippen molar-refractivity contribution in [3.8, 4) is 23.0 Å². The zero-order valence-electron chi connectivity index (χ0n) is 37.2. The second-order valence-corrected chi connectivity index (χ2v) is 17.3. The van der Waals surface area contributed by atoms with Gasteiger partial charge in [0, 0.05) is 61.2 Å². The van der Waals surface area contributed by atoms with E-state index in [0.717, 1.165) is 0 Å². The minimum absolute atomic E-state index is 0.0375. The van der Waals surface area contributed by atoms with Gasteiger partial charge in [0.1, 0.15) is 23.4 Å². The molecule has 4 aliphatic rings. The Balaban J connectivity index is 1.69. The number of fused-ring (bicyclic) bond motifs is 14. The first-order chi connectivity index (χ1) is 29.1. The lowest BCUT2D eigenvalue weighted by molar-refractivity contribution is -0.918. The van der Waals surface area contributed by atoms with Gasteiger partial charge in [-0.15, -0.1) is 0 Å². The molecule has 0 saturated carbocycles. The SMILES string of the molecule is CO[C@H]1/C=C/O[C@@]2(C)Oc3c(C)c(O)c4c(O)c(c(/C=N/N5CC[N+](C)(CC[O-])CC5)c(O)c4c3C2=O)NC(=O)/C(C)=C\C=C\[C@H](C)[C@H](O)[C@@H](C)[C@@H](O)[C@@H](C)[C@H](OC(C)=O)[C@@H]1C. The third-order valence-corrected chi connectivity index (χ3v) is 12.8. The molecular weight excluding hydrogens is 805 g/mol. The summed E-state index contributed by atoms with van der Waals surface area (Å²) in [5.74, 6) is -8.58. The first-order valence-electron chi connectivity index (χ1n) is 20.9. The number of rotatable bonds is 6. The topological polar surface area (TPSA) is 240 Å². The Morgan fingerprint density at radius 3 is 2.29 bits per heavy atom. The number of ketones is 1. The summed E-state index contributed by atoms with van der Waals surface area (Å²) in [5.41, 5.74) is -0.484. The molecule has 1 saturated heterocycles. The van der Waals surface area contributed by atoms with Gasteiger partial charge in [0.25, 0.3) is 11.7 Å². The largest absolute Gasteiger partial charge is 0.850 e. The molecule has 0 spiro atoms. The molecule has 340 valence electrons. The van der Waals surface area contributed by atoms with Crippen LogP contribution in [0.2, 0.25) is 0 Å². The number of nitrogens with one attached hydrogen (secondary N) is 1. The molecule has 4 aliphatic heterocycles. The molecule has 6 rings (SSSR count). The van der Waals surface area contributed by atoms with Crippen LogP contribution in [0.25, 0.3) is 10.8 Å². The van der Waals surface area contributed by atoms with Crippen molar-refractivity contribution < 1.29 is 68.5 Å². The molecule has 62 heavy (non-hydrogen) atoms. The monoisotopic (exact) mass is 866 g/mol. The quantitative estimate of drug-likeness (QED) is 0.0804. The number of aromatic hydroxyl groups is 3. The molecule has 9 atom stereocenters. The van der Waals surface area contributed by atoms with Gasteiger partial charge >= 0.3 is 11.8 Å². The van der Waals surface area contributed by atoms with E-state index in [0.29, 0.717) is 37.2 Å². The number of carbonyl (C=O) groups is 3. The molecular formula is C45H62N4O13. The molecule has 0 aliphatic carbocycles. The van der Waals surface area contributed by atoms with Crippen molar-refractivity contribution in [3.63, 3.8) is 0 Å². The van der Waals surface area contributed by atoms with Crippen molar-refractivity contribution in [1.82, 2.24) is 5.01 Å². The van der Waals surface area contributed by atoms with Gasteiger partial charge in [-0.2, -0.15) is 5.10 Å². The van der Waals surface area contributed by atoms with E-state index in [2.05, 4.69) is 10.4 Å². The summed E-state index contributed by atoms with van der Waals surface area (Å²) >= 11 is 0. The van der Waals surface area contributed by atoms with Crippen LogP contribution >= 0.6 is 0 Å². The number of carbonyl (C=O) groups excluding carboxylic acids is 3. The fourth-order valence-electron chi connectivity index (χ4n) is 8.51. The third kappa shape index (κ3) is 9.41. The number of methoxy groups -OCH3 is 1. The van der Waals surface area contributed by atoms with Crippen molar-refractivity contribution in [2.75, 3.05) is 58.8 Å². The van der Waals surface area contributed by atoms with E-state index >= 15 is 0 Å². The molecule has 0 unspecified atom stereocenters. The van der Waals surface area contributed by atoms with Crippen LogP contribution in [0.15, 0.2) is 41.2 Å². The molecule has 17 nitrogen and oxygen atoms in total. The Labute approximate surface area is 362 Å². The van der Waals surface area contributed by atoms with Crippen molar-refractivity contribution in [3.05, 3.63) is 52.8 Å². The van der Waals surface area contributed by atoms with E-state index in [9.17, 15) is 45.0 Å². The van der Waals surface area contributed by atoms with Crippen LogP contribution in [0.4, 0.5) is 5.69 Å². The van der Waals surface area contributed by atoms with Gasteiger partial charge in [0.2, 0.25) is 0 Å². The number of anilines is 1. The standard InChI is InChI=1S/C45H62N4O13/c1-23-12-11-13-24(2)44(58)47-35-30(22-46-48-15-17-49(9,18-16-48)19-20-50)39(55)32-33(40(35)56)38(54)28(6)42-34(32)43(57)45(8,62-42)60-21-14-31(59-10)25(3)41(61-29(7)51)27(5)37(53)26(4)36(23)52/h11-14,21-23,25-27,31,36-37,41,52-56H,15-20H2,1-10H3,(H,47,58)/b12-11+,21-14+,24-13-,46-22+/t23-,25+,26+,27+,31-,36-,37+,41+,45-/m0/s1. The summed E-state index contributed by atoms with van der Waals surface area (Å²) < 4.78 is 24.2. The number of phenolic OH excluding ortho intramolecular Hbond substituents is 3. The van der Waals surface area contributed by atoms with Crippen LogP contribution in [0.1, 0.15) is 70.0 Å². The highest BCUT2D eigenvalue weighted by Crippen LogP contribution is 2.55. The maximum absolute atomic E-state index is 14.5. The highest BCUT2D eigenvalue weighted by Gasteiger charge is 2.50. The number of amides is 1. The maximum Gasteiger partial charge on any atom is 0.312 e. The lowest BCUT2D eigenvalue weighted by Crippen LogP contribution is -2.57. The van der Waals surface area contributed by atoms with Gasteiger partial charge in [-0.1, -0.05) is 52.5 Å². The number of benzene rings is 2. The van der Waals surface area contributed by atoms with Crippen molar-refractivity contribution >= 4 is 40.3 Å². The summed E-state index contributed by atoms with van der Waals surface area (Å²) in [7, 11) is 3.43. The first kappa shape index (κ1) is 47.8. The van der Waals surface area contributed by atoms with Gasteiger partial charge in [-0.05, 0) is 19.9 Å². The Morgan fingerprint density at radius 2 is 1.68 bits per heavy atom. The fourth-order valence-corrected chi connectivity index (χ4v) is 8.51. The predicted molar refractivity (Wildman–Crippen MR) is 229 cm³/mol. The number of nitrogens with zero attached hydrogens (tertiary/aromatic N) is 3. The summed E-state index contributed by atoms with van der Waals surface area (Å²) in [6, 6.07) is 0. The molecule has 1 fully saturated rings. The summed E-state index contributed by atoms with van der Waals surface area (Å²) in [6.07, 6.45) is 4.72. The van der Waals surface area contributed by atoms with Crippen molar-refractivity contribution in [2.45, 2.75) is 85.6 Å². The van der Waals surface area contributed by atoms with Gasteiger partial charge in [0.15, 0.2) is 5.75 Å². The lowest BCUT2D eigenvalue weighted by atomic mass is 9.78. The molecule has 0 radical (unpaired) electrons. The van der Waals surface area contributed by atoms with Crippen LogP contribution in [0, 0.1) is 30.6 Å². The summed E-state index contributed by atoms with van der Waals surface area (Å²) in [4.78, 5) is 40.7. The Morgan fingerprint density at radius 1 is 1.02 bits per heavy atom. The lowest BCUT2D eigenvalue weighted by Gasteiger charge is -2.41. The number of quaternary nitrogens is 1. The van der Waals surface area contributed by atoms with Crippen LogP contribution in [-0.2, 0) is 23.8 Å². The number of phenols is 3. The number of piperazine rings is 1. The minimum Gasteiger partial charge on any atom is -0.850 e. The summed E-state index contributed by atoms with van der Waals surface area (Å²) in [5, 5.41) is 78.4. The van der Waals surface area contributed by atoms with E-state index < -0.39 is 88.8 Å². The van der Waals surface area contributed by atoms with E-state index in [1.807, 2.05) is 7.05 Å². The Hall–Kier alpha value is -5.20. The average Bonchev–Trinajstić information content (AvgIpc) is 3.49. The number of Topliss-reactive ketones (excluding diaryl/α,β-unsaturated/α-hetero) is 1. The number of likely N-dealkylation sites (N-methyl/N-ethyl adjacent to an activating group) is 1. The molecule has 0 aromatic heterocycles. The molecule has 1 amide bonds. The molecule has 2 aromatic rings. The van der Waals surface area contributed by atoms with Gasteiger partial charge in [-0.25, -0.2) is 0 Å². The number of aliphatic hydroxyl groups is 2. The summed E-state index contributed by atoms with van der Waals surface area (Å²) in [6.45, 7) is 14.9. The highest BCUT2D eigenvalue weighted by atomic mass is 16.7. The second-order valence-electron chi connectivity index (χ2n) is 17.3. The normalized spacial score (nSPS) is 31.6. The number of ether oxygens (including phenoxy) is 4. The average molecular weight is 867 g/mol. The smallest absolute Gasteiger partial charge is 0.312 e. The van der Waals surface area contributed by atoms with E-state index in [4.69, 9.17) is 18.9 Å². The zero-order valence-corrected chi connectivity index (χ0v) is 37.2. The number of esters is 1. The van der Waals surface area contributed by atoms with Crippen molar-refractivity contribution in [1.29, 1.82) is 0 Å². The molecule has 4 heterocycles. The highest BCUT2D eigenvalue weighted by molar-refractivity contribution is 6.23. The van der Waals surface area contributed by atoms with Crippen molar-refractivity contribution in [2.24, 2.45) is 28.8 Å². The van der Waals surface area contributed by atoms with Crippen LogP contribution < -0.4 is 15.2 Å². The number of allylic oxidation sites excluding steroid dienone is 2. The Kier molecular flexibility index (Phi) is 14.7. The molecule has 17 heteroatoms. The minimum atomic E-state index is -2.07. The van der Waals surface area contributed by atoms with Gasteiger partial charge < -0.3 is 59.4 Å². The third-order valence-electron chi connectivity index (χ3n) is 12.8. The number of aliphatic hydroxyl groups excluding tert-OH is 2. The molecule has 5 bridgehead atoms. The van der Waals surface area contributed by atoms with E-state index in [1.54, 1.807) is 44.9 Å². The van der Waals surface area contributed by atoms with Gasteiger partial charge in [-0.3, -0.25) is 19.4 Å².